The highest BCUT2D eigenvalue weighted by Crippen LogP contribution is 2.50. The summed E-state index contributed by atoms with van der Waals surface area (Å²) in [4.78, 5) is 1.37. The van der Waals surface area contributed by atoms with E-state index in [-0.39, 0.29) is 0 Å². The number of hydrogen-bond acceptors (Lipinski definition) is 2. The second-order valence-electron chi connectivity index (χ2n) is 3.99. The van der Waals surface area contributed by atoms with Crippen molar-refractivity contribution in [3.63, 3.8) is 0 Å². The summed E-state index contributed by atoms with van der Waals surface area (Å²) in [7, 11) is 0. The Balaban J connectivity index is 2.03. The van der Waals surface area contributed by atoms with Crippen LogP contribution >= 0.6 is 11.8 Å². The van der Waals surface area contributed by atoms with Gasteiger partial charge in [0.1, 0.15) is 0 Å². The highest BCUT2D eigenvalue weighted by molar-refractivity contribution is 8.01. The van der Waals surface area contributed by atoms with Gasteiger partial charge in [0.15, 0.2) is 0 Å². The molecule has 0 aromatic heterocycles. The Morgan fingerprint density at radius 3 is 2.36 bits per heavy atom. The minimum Gasteiger partial charge on any atom is -0.329 e. The Morgan fingerprint density at radius 2 is 1.93 bits per heavy atom. The lowest BCUT2D eigenvalue weighted by Crippen LogP contribution is -2.17. The van der Waals surface area contributed by atoms with Gasteiger partial charge in [0.05, 0.1) is 0 Å². The molecule has 0 heterocycles. The molecule has 1 saturated carbocycles. The van der Waals surface area contributed by atoms with E-state index in [0.717, 1.165) is 13.0 Å². The predicted octanol–water partition coefficient (Wildman–Crippen LogP) is 2.83. The maximum atomic E-state index is 5.75. The van der Waals surface area contributed by atoms with Crippen LogP contribution in [0.2, 0.25) is 0 Å². The van der Waals surface area contributed by atoms with Crippen molar-refractivity contribution < 1.29 is 0 Å². The summed E-state index contributed by atoms with van der Waals surface area (Å²) in [5, 5.41) is 0. The molecule has 0 bridgehead atoms. The molecule has 0 spiro atoms. The van der Waals surface area contributed by atoms with Gasteiger partial charge in [-0.15, -0.1) is 11.8 Å². The largest absolute Gasteiger partial charge is 0.329 e. The summed E-state index contributed by atoms with van der Waals surface area (Å²) in [6.45, 7) is 3.00. The summed E-state index contributed by atoms with van der Waals surface area (Å²) in [5.74, 6) is 0. The van der Waals surface area contributed by atoms with Gasteiger partial charge in [-0.3, -0.25) is 0 Å². The Bertz CT molecular complexity index is 301. The first-order valence-corrected chi connectivity index (χ1v) is 6.08. The van der Waals surface area contributed by atoms with Crippen molar-refractivity contribution in [2.75, 3.05) is 6.54 Å². The zero-order valence-corrected chi connectivity index (χ0v) is 9.44. The van der Waals surface area contributed by atoms with Gasteiger partial charge in [-0.1, -0.05) is 19.1 Å². The minimum absolute atomic E-state index is 0.383. The normalized spacial score (nSPS) is 18.1. The molecule has 76 valence electrons. The van der Waals surface area contributed by atoms with E-state index in [1.807, 2.05) is 11.8 Å². The molecule has 1 aromatic rings. The van der Waals surface area contributed by atoms with Crippen LogP contribution in [0, 0.1) is 0 Å². The molecule has 0 aliphatic heterocycles. The molecule has 2 rings (SSSR count). The Kier molecular flexibility index (Phi) is 2.84. The zero-order valence-electron chi connectivity index (χ0n) is 8.62. The van der Waals surface area contributed by atoms with Crippen molar-refractivity contribution >= 4 is 11.8 Å². The molecular weight excluding hydrogens is 190 g/mol. The Hall–Kier alpha value is -0.470. The van der Waals surface area contributed by atoms with Crippen molar-refractivity contribution in [1.29, 1.82) is 0 Å². The third-order valence-electron chi connectivity index (χ3n) is 2.85. The first kappa shape index (κ1) is 10.1. The Morgan fingerprint density at radius 1 is 1.29 bits per heavy atom. The zero-order chi connectivity index (χ0) is 10.0. The summed E-state index contributed by atoms with van der Waals surface area (Å²) < 4.78 is 0.383. The summed E-state index contributed by atoms with van der Waals surface area (Å²) in [6.07, 6.45) is 3.68. The van der Waals surface area contributed by atoms with Crippen molar-refractivity contribution in [3.05, 3.63) is 29.8 Å². The van der Waals surface area contributed by atoms with Crippen molar-refractivity contribution in [2.45, 2.75) is 35.8 Å². The lowest BCUT2D eigenvalue weighted by atomic mass is 10.2. The molecule has 2 heteroatoms. The molecule has 0 atom stereocenters. The Labute approximate surface area is 90.1 Å². The van der Waals surface area contributed by atoms with E-state index in [0.29, 0.717) is 4.75 Å². The van der Waals surface area contributed by atoms with Crippen LogP contribution in [0.5, 0.6) is 0 Å². The third-order valence-corrected chi connectivity index (χ3v) is 4.36. The van der Waals surface area contributed by atoms with Gasteiger partial charge in [-0.2, -0.15) is 0 Å². The van der Waals surface area contributed by atoms with Gasteiger partial charge >= 0.3 is 0 Å². The van der Waals surface area contributed by atoms with Crippen LogP contribution in [0.1, 0.15) is 25.3 Å². The fraction of sp³-hybridized carbons (Fsp3) is 0.500. The second-order valence-corrected chi connectivity index (χ2v) is 5.53. The SMILES string of the molecule is CCc1ccc(SC2(CN)CC2)cc1. The van der Waals surface area contributed by atoms with Gasteiger partial charge in [0.2, 0.25) is 0 Å². The summed E-state index contributed by atoms with van der Waals surface area (Å²) in [6, 6.07) is 8.88. The molecular formula is C12H17NS. The molecule has 0 radical (unpaired) electrons. The van der Waals surface area contributed by atoms with Crippen LogP contribution in [0.3, 0.4) is 0 Å². The molecule has 1 aliphatic rings. The summed E-state index contributed by atoms with van der Waals surface area (Å²) in [5.41, 5.74) is 7.16. The van der Waals surface area contributed by atoms with Crippen molar-refractivity contribution in [3.8, 4) is 0 Å². The fourth-order valence-electron chi connectivity index (χ4n) is 1.53. The van der Waals surface area contributed by atoms with Crippen molar-refractivity contribution in [1.82, 2.24) is 0 Å². The average Bonchev–Trinajstić information content (AvgIpc) is 3.00. The number of nitrogens with two attached hydrogens (primary N) is 1. The lowest BCUT2D eigenvalue weighted by Gasteiger charge is -2.11. The van der Waals surface area contributed by atoms with Gasteiger partial charge in [-0.25, -0.2) is 0 Å². The number of thioether (sulfide) groups is 1. The molecule has 0 unspecified atom stereocenters. The van der Waals surface area contributed by atoms with Gasteiger partial charge in [0.25, 0.3) is 0 Å². The smallest absolute Gasteiger partial charge is 0.0330 e. The van der Waals surface area contributed by atoms with E-state index in [2.05, 4.69) is 31.2 Å². The van der Waals surface area contributed by atoms with E-state index >= 15 is 0 Å². The van der Waals surface area contributed by atoms with E-state index in [1.54, 1.807) is 0 Å². The first-order chi connectivity index (χ1) is 6.78. The second kappa shape index (κ2) is 3.95. The van der Waals surface area contributed by atoms with E-state index in [4.69, 9.17) is 5.73 Å². The van der Waals surface area contributed by atoms with Crippen LogP contribution in [-0.2, 0) is 6.42 Å². The summed E-state index contributed by atoms with van der Waals surface area (Å²) >= 11 is 1.95. The highest BCUT2D eigenvalue weighted by atomic mass is 32.2. The molecule has 0 saturated heterocycles. The van der Waals surface area contributed by atoms with Crippen LogP contribution in [-0.4, -0.2) is 11.3 Å². The van der Waals surface area contributed by atoms with Crippen LogP contribution in [0.15, 0.2) is 29.2 Å². The van der Waals surface area contributed by atoms with E-state index in [9.17, 15) is 0 Å². The maximum absolute atomic E-state index is 5.75. The van der Waals surface area contributed by atoms with Gasteiger partial charge in [-0.05, 0) is 37.0 Å². The number of aryl methyl sites for hydroxylation is 1. The standard InChI is InChI=1S/C12H17NS/c1-2-10-3-5-11(6-4-10)14-12(9-13)7-8-12/h3-6H,2,7-9,13H2,1H3. The molecule has 1 nitrogen and oxygen atoms in total. The van der Waals surface area contributed by atoms with Crippen LogP contribution in [0.4, 0.5) is 0 Å². The average molecular weight is 207 g/mol. The number of hydrogen-bond donors (Lipinski definition) is 1. The van der Waals surface area contributed by atoms with Gasteiger partial charge in [0, 0.05) is 16.2 Å². The molecule has 1 aliphatic carbocycles. The number of rotatable bonds is 4. The fourth-order valence-corrected chi connectivity index (χ4v) is 2.69. The quantitative estimate of drug-likeness (QED) is 0.821. The maximum Gasteiger partial charge on any atom is 0.0330 e. The molecule has 2 N–H and O–H groups in total. The highest BCUT2D eigenvalue weighted by Gasteiger charge is 2.42. The van der Waals surface area contributed by atoms with E-state index < -0.39 is 0 Å². The van der Waals surface area contributed by atoms with Crippen LogP contribution in [0.25, 0.3) is 0 Å². The molecule has 1 fully saturated rings. The lowest BCUT2D eigenvalue weighted by molar-refractivity contribution is 0.899. The predicted molar refractivity (Wildman–Crippen MR) is 62.7 cm³/mol. The number of benzene rings is 1. The van der Waals surface area contributed by atoms with Crippen molar-refractivity contribution in [2.24, 2.45) is 5.73 Å². The minimum atomic E-state index is 0.383. The molecule has 14 heavy (non-hydrogen) atoms. The topological polar surface area (TPSA) is 26.0 Å². The van der Waals surface area contributed by atoms with Crippen LogP contribution < -0.4 is 5.73 Å². The van der Waals surface area contributed by atoms with Gasteiger partial charge < -0.3 is 5.73 Å². The third kappa shape index (κ3) is 2.12. The monoisotopic (exact) mass is 207 g/mol. The molecule has 0 amide bonds. The molecule has 1 aromatic carbocycles. The first-order valence-electron chi connectivity index (χ1n) is 5.26. The van der Waals surface area contributed by atoms with E-state index in [1.165, 1.54) is 23.3 Å².